The number of hydrogen-bond acceptors (Lipinski definition) is 3. The lowest BCUT2D eigenvalue weighted by Crippen LogP contribution is -2.18. The van der Waals surface area contributed by atoms with E-state index in [0.717, 1.165) is 12.0 Å². The Balaban J connectivity index is 2.45. The van der Waals surface area contributed by atoms with E-state index < -0.39 is 0 Å². The van der Waals surface area contributed by atoms with Gasteiger partial charge in [-0.1, -0.05) is 19.1 Å². The van der Waals surface area contributed by atoms with Gasteiger partial charge in [0.2, 0.25) is 5.90 Å². The Bertz CT molecular complexity index is 461. The third-order valence-electron chi connectivity index (χ3n) is 2.84. The van der Waals surface area contributed by atoms with Gasteiger partial charge in [-0.05, 0) is 32.4 Å². The van der Waals surface area contributed by atoms with Crippen LogP contribution in [0.25, 0.3) is 0 Å². The first-order valence-corrected chi connectivity index (χ1v) is 5.45. The van der Waals surface area contributed by atoms with Crippen LogP contribution in [-0.2, 0) is 4.74 Å². The lowest BCUT2D eigenvalue weighted by atomic mass is 10.0. The number of aliphatic imine (C=N–C) groups is 1. The van der Waals surface area contributed by atoms with Crippen molar-refractivity contribution in [3.63, 3.8) is 0 Å². The van der Waals surface area contributed by atoms with E-state index in [4.69, 9.17) is 4.74 Å². The van der Waals surface area contributed by atoms with E-state index in [-0.39, 0.29) is 11.5 Å². The highest BCUT2D eigenvalue weighted by Gasteiger charge is 2.29. The molecule has 0 amide bonds. The fraction of sp³-hybridized carbons (Fsp3) is 0.385. The number of ether oxygens (including phenoxy) is 1. The second-order valence-electron chi connectivity index (χ2n) is 4.52. The Labute approximate surface area is 95.2 Å². The Morgan fingerprint density at radius 3 is 2.50 bits per heavy atom. The van der Waals surface area contributed by atoms with E-state index >= 15 is 0 Å². The van der Waals surface area contributed by atoms with Crippen molar-refractivity contribution >= 4 is 11.9 Å². The molecule has 0 spiro atoms. The molecule has 0 unspecified atom stereocenters. The number of nitrogens with zero attached hydrogens (tertiary/aromatic N) is 1. The van der Waals surface area contributed by atoms with Gasteiger partial charge in [0, 0.05) is 0 Å². The number of cyclic esters (lactones) is 1. The van der Waals surface area contributed by atoms with Crippen molar-refractivity contribution in [1.29, 1.82) is 0 Å². The molecule has 0 atom stereocenters. The van der Waals surface area contributed by atoms with Crippen LogP contribution in [0.15, 0.2) is 29.3 Å². The van der Waals surface area contributed by atoms with Crippen LogP contribution in [0.5, 0.6) is 0 Å². The summed E-state index contributed by atoms with van der Waals surface area (Å²) in [5.41, 5.74) is 1.20. The maximum Gasteiger partial charge on any atom is 0.345 e. The second-order valence-corrected chi connectivity index (χ2v) is 4.52. The molecular weight excluding hydrogens is 202 g/mol. The first-order valence-electron chi connectivity index (χ1n) is 5.45. The van der Waals surface area contributed by atoms with Gasteiger partial charge in [-0.15, -0.1) is 0 Å². The number of benzene rings is 1. The van der Waals surface area contributed by atoms with Crippen LogP contribution in [0.3, 0.4) is 0 Å². The first kappa shape index (κ1) is 10.9. The highest BCUT2D eigenvalue weighted by Crippen LogP contribution is 2.23. The fourth-order valence-electron chi connectivity index (χ4n) is 1.48. The Kier molecular flexibility index (Phi) is 2.54. The number of carbonyl (C=O) groups excluding carboxylic acids is 1. The lowest BCUT2D eigenvalue weighted by Gasteiger charge is -2.17. The molecule has 2 rings (SSSR count). The maximum atomic E-state index is 11.5. The zero-order valence-corrected chi connectivity index (χ0v) is 9.78. The molecule has 1 aromatic carbocycles. The molecule has 0 aliphatic carbocycles. The number of carbonyl (C=O) groups is 1. The van der Waals surface area contributed by atoms with Crippen LogP contribution < -0.4 is 0 Å². The quantitative estimate of drug-likeness (QED) is 0.714. The molecule has 0 saturated carbocycles. The standard InChI is InChI=1S/C13H15NO2/c1-4-13(2,3)14-11-9-7-5-6-8-10(9)12(15)16-11/h5-8H,4H2,1-3H3. The van der Waals surface area contributed by atoms with Gasteiger partial charge in [-0.25, -0.2) is 9.79 Å². The van der Waals surface area contributed by atoms with Crippen LogP contribution in [-0.4, -0.2) is 17.4 Å². The van der Waals surface area contributed by atoms with E-state index in [1.165, 1.54) is 0 Å². The summed E-state index contributed by atoms with van der Waals surface area (Å²) < 4.78 is 5.18. The van der Waals surface area contributed by atoms with Crippen molar-refractivity contribution < 1.29 is 9.53 Å². The topological polar surface area (TPSA) is 38.7 Å². The summed E-state index contributed by atoms with van der Waals surface area (Å²) in [5.74, 6) is 0.147. The Hall–Kier alpha value is -1.64. The Morgan fingerprint density at radius 1 is 1.25 bits per heavy atom. The zero-order chi connectivity index (χ0) is 11.8. The number of esters is 1. The monoisotopic (exact) mass is 217 g/mol. The van der Waals surface area contributed by atoms with Crippen LogP contribution in [0.4, 0.5) is 0 Å². The molecule has 3 nitrogen and oxygen atoms in total. The minimum absolute atomic E-state index is 0.201. The molecule has 0 aromatic heterocycles. The van der Waals surface area contributed by atoms with Gasteiger partial charge in [0.05, 0.1) is 16.7 Å². The van der Waals surface area contributed by atoms with Crippen LogP contribution in [0.1, 0.15) is 43.1 Å². The number of fused-ring (bicyclic) bond motifs is 1. The SMILES string of the molecule is CCC(C)(C)N=C1OC(=O)c2ccccc21. The van der Waals surface area contributed by atoms with Gasteiger partial charge in [0.1, 0.15) is 0 Å². The van der Waals surface area contributed by atoms with Crippen LogP contribution in [0.2, 0.25) is 0 Å². The number of hydrogen-bond donors (Lipinski definition) is 0. The van der Waals surface area contributed by atoms with E-state index in [0.29, 0.717) is 11.5 Å². The third-order valence-corrected chi connectivity index (χ3v) is 2.84. The summed E-state index contributed by atoms with van der Waals surface area (Å²) in [5, 5.41) is 0. The maximum absolute atomic E-state index is 11.5. The molecule has 0 bridgehead atoms. The van der Waals surface area contributed by atoms with E-state index in [1.54, 1.807) is 6.07 Å². The number of rotatable bonds is 2. The van der Waals surface area contributed by atoms with Crippen molar-refractivity contribution in [2.75, 3.05) is 0 Å². The molecule has 16 heavy (non-hydrogen) atoms. The van der Waals surface area contributed by atoms with Crippen molar-refractivity contribution in [3.05, 3.63) is 35.4 Å². The van der Waals surface area contributed by atoms with Gasteiger partial charge in [0.15, 0.2) is 0 Å². The predicted molar refractivity (Wildman–Crippen MR) is 62.8 cm³/mol. The van der Waals surface area contributed by atoms with Gasteiger partial charge in [-0.3, -0.25) is 0 Å². The smallest absolute Gasteiger partial charge is 0.345 e. The van der Waals surface area contributed by atoms with Gasteiger partial charge < -0.3 is 4.74 Å². The van der Waals surface area contributed by atoms with Crippen LogP contribution in [0, 0.1) is 0 Å². The molecule has 84 valence electrons. The summed E-state index contributed by atoms with van der Waals surface area (Å²) in [4.78, 5) is 16.0. The van der Waals surface area contributed by atoms with Crippen molar-refractivity contribution in [2.24, 2.45) is 4.99 Å². The van der Waals surface area contributed by atoms with Crippen molar-refractivity contribution in [3.8, 4) is 0 Å². The van der Waals surface area contributed by atoms with Gasteiger partial charge >= 0.3 is 5.97 Å². The average molecular weight is 217 g/mol. The van der Waals surface area contributed by atoms with E-state index in [1.807, 2.05) is 32.0 Å². The minimum Gasteiger partial charge on any atom is -0.404 e. The molecule has 0 N–H and O–H groups in total. The van der Waals surface area contributed by atoms with Crippen LogP contribution >= 0.6 is 0 Å². The average Bonchev–Trinajstić information content (AvgIpc) is 2.56. The third kappa shape index (κ3) is 1.85. The summed E-state index contributed by atoms with van der Waals surface area (Å²) in [6.07, 6.45) is 0.899. The van der Waals surface area contributed by atoms with Gasteiger partial charge in [-0.2, -0.15) is 0 Å². The first-order chi connectivity index (χ1) is 7.53. The van der Waals surface area contributed by atoms with Crippen molar-refractivity contribution in [2.45, 2.75) is 32.7 Å². The molecule has 3 heteroatoms. The molecule has 1 aromatic rings. The molecule has 0 saturated heterocycles. The molecule has 0 fully saturated rings. The minimum atomic E-state index is -0.304. The van der Waals surface area contributed by atoms with Crippen molar-refractivity contribution in [1.82, 2.24) is 0 Å². The summed E-state index contributed by atoms with van der Waals surface area (Å²) in [7, 11) is 0. The molecule has 1 aliphatic heterocycles. The highest BCUT2D eigenvalue weighted by molar-refractivity contribution is 6.16. The molecule has 1 aliphatic rings. The molecular formula is C13H15NO2. The molecule has 1 heterocycles. The summed E-state index contributed by atoms with van der Waals surface area (Å²) in [6.45, 7) is 6.11. The lowest BCUT2D eigenvalue weighted by molar-refractivity contribution is 0.0735. The summed E-state index contributed by atoms with van der Waals surface area (Å²) in [6, 6.07) is 7.34. The molecule has 0 radical (unpaired) electrons. The second kappa shape index (κ2) is 3.74. The zero-order valence-electron chi connectivity index (χ0n) is 9.78. The van der Waals surface area contributed by atoms with Gasteiger partial charge in [0.25, 0.3) is 0 Å². The van der Waals surface area contributed by atoms with E-state index in [2.05, 4.69) is 11.9 Å². The fourth-order valence-corrected chi connectivity index (χ4v) is 1.48. The predicted octanol–water partition coefficient (Wildman–Crippen LogP) is 2.79. The summed E-state index contributed by atoms with van der Waals surface area (Å²) >= 11 is 0. The highest BCUT2D eigenvalue weighted by atomic mass is 16.5. The largest absolute Gasteiger partial charge is 0.404 e. The Morgan fingerprint density at radius 2 is 1.88 bits per heavy atom. The van der Waals surface area contributed by atoms with E-state index in [9.17, 15) is 4.79 Å². The normalized spacial score (nSPS) is 17.4.